The van der Waals surface area contributed by atoms with Crippen molar-refractivity contribution < 1.29 is 56.8 Å². The van der Waals surface area contributed by atoms with Crippen LogP contribution in [0.3, 0.4) is 0 Å². The monoisotopic (exact) mass is 1020 g/mol. The number of rotatable bonds is 49. The van der Waals surface area contributed by atoms with E-state index in [9.17, 15) is 37.9 Å². The summed E-state index contributed by atoms with van der Waals surface area (Å²) in [6, 6.07) is 0. The van der Waals surface area contributed by atoms with Gasteiger partial charge in [-0.05, 0) is 51.4 Å². The molecule has 6 atom stereocenters. The number of unbranched alkanes of at least 4 members (excludes halogenated alkanes) is 29. The fraction of sp³-hybridized carbons (Fsp3) is 0.828. The summed E-state index contributed by atoms with van der Waals surface area (Å²) >= 11 is 0. The lowest BCUT2D eigenvalue weighted by Crippen LogP contribution is -2.60. The van der Waals surface area contributed by atoms with Crippen LogP contribution < -0.4 is 0 Å². The molecule has 71 heavy (non-hydrogen) atoms. The maximum absolute atomic E-state index is 12.9. The van der Waals surface area contributed by atoms with Crippen LogP contribution in [0.15, 0.2) is 48.6 Å². The van der Waals surface area contributed by atoms with Gasteiger partial charge in [0.1, 0.15) is 36.8 Å². The molecule has 4 N–H and O–H groups in total. The molecule has 1 aliphatic heterocycles. The lowest BCUT2D eigenvalue weighted by molar-refractivity contribution is -0.297. The molecule has 0 aliphatic carbocycles. The second-order valence-corrected chi connectivity index (χ2v) is 21.4. The topological polar surface area (TPSA) is 186 Å². The summed E-state index contributed by atoms with van der Waals surface area (Å²) < 4.78 is 54.4. The standard InChI is InChI=1S/C58H104O12S/c1-3-5-7-9-11-13-15-17-19-21-23-25-27-28-30-32-34-36-38-40-42-44-46-53(59)67-48-51(49-68-58-57(63)56(62)55(61)52(70-58)50-71(64,65)66)69-54(60)47-45-43-41-39-37-35-33-31-29-26-24-22-20-18-16-14-12-10-8-6-4-2/h6,8,12,14,18,20,24,26,51-52,55-58,61-63H,3-5,7,9-11,13,15-17,19,21-23,25,27-50H2,1-2H3,(H,64,65,66)/b8-6-,14-12-,20-18-,26-24-. The van der Waals surface area contributed by atoms with Crippen LogP contribution in [0.1, 0.15) is 251 Å². The number of esters is 2. The number of carbonyl (C=O) groups is 2. The minimum absolute atomic E-state index is 0.155. The Kier molecular flexibility index (Phi) is 44.4. The van der Waals surface area contributed by atoms with Gasteiger partial charge < -0.3 is 34.3 Å². The third-order valence-corrected chi connectivity index (χ3v) is 13.9. The molecule has 0 saturated carbocycles. The zero-order valence-corrected chi connectivity index (χ0v) is 45.6. The zero-order chi connectivity index (χ0) is 51.9. The van der Waals surface area contributed by atoms with Crippen LogP contribution in [0.4, 0.5) is 0 Å². The van der Waals surface area contributed by atoms with Gasteiger partial charge in [-0.1, -0.05) is 236 Å². The van der Waals surface area contributed by atoms with Crippen LogP contribution >= 0.6 is 0 Å². The van der Waals surface area contributed by atoms with Gasteiger partial charge in [0.2, 0.25) is 0 Å². The van der Waals surface area contributed by atoms with Crippen molar-refractivity contribution >= 4 is 22.1 Å². The lowest BCUT2D eigenvalue weighted by atomic mass is 10.00. The molecule has 0 amide bonds. The van der Waals surface area contributed by atoms with E-state index < -0.39 is 71.2 Å². The Balaban J connectivity index is 2.31. The van der Waals surface area contributed by atoms with Gasteiger partial charge >= 0.3 is 11.9 Å². The fourth-order valence-electron chi connectivity index (χ4n) is 8.79. The normalized spacial score (nSPS) is 19.2. The Morgan fingerprint density at radius 2 is 0.887 bits per heavy atom. The fourth-order valence-corrected chi connectivity index (χ4v) is 9.48. The third kappa shape index (κ3) is 41.6. The first kappa shape index (κ1) is 66.6. The minimum atomic E-state index is -4.61. The average Bonchev–Trinajstić information content (AvgIpc) is 3.34. The van der Waals surface area contributed by atoms with Gasteiger partial charge in [-0.3, -0.25) is 14.1 Å². The molecule has 0 aromatic heterocycles. The van der Waals surface area contributed by atoms with E-state index in [2.05, 4.69) is 62.5 Å². The summed E-state index contributed by atoms with van der Waals surface area (Å²) in [5.41, 5.74) is 0. The molecule has 1 rings (SSSR count). The van der Waals surface area contributed by atoms with Crippen molar-refractivity contribution in [2.45, 2.75) is 288 Å². The summed E-state index contributed by atoms with van der Waals surface area (Å²) in [6.07, 6.45) is 50.1. The SMILES string of the molecule is CC/C=C\C/C=C\C/C=C\C/C=C\CCCCCCCCCCC(=O)OC(COC(=O)CCCCCCCCCCCCCCCCCCCCCCCC)COC1OC(CS(=O)(=O)O)C(O)C(O)C1O. The van der Waals surface area contributed by atoms with E-state index in [0.29, 0.717) is 12.8 Å². The van der Waals surface area contributed by atoms with Crippen molar-refractivity contribution in [3.8, 4) is 0 Å². The number of ether oxygens (including phenoxy) is 4. The van der Waals surface area contributed by atoms with Gasteiger partial charge in [-0.2, -0.15) is 8.42 Å². The summed E-state index contributed by atoms with van der Waals surface area (Å²) in [5.74, 6) is -1.98. The largest absolute Gasteiger partial charge is 0.462 e. The van der Waals surface area contributed by atoms with E-state index >= 15 is 0 Å². The van der Waals surface area contributed by atoms with Crippen molar-refractivity contribution in [1.29, 1.82) is 0 Å². The minimum Gasteiger partial charge on any atom is -0.462 e. The van der Waals surface area contributed by atoms with Gasteiger partial charge in [0.25, 0.3) is 10.1 Å². The summed E-state index contributed by atoms with van der Waals surface area (Å²) in [6.45, 7) is 3.69. The molecule has 13 heteroatoms. The predicted molar refractivity (Wildman–Crippen MR) is 289 cm³/mol. The second kappa shape index (κ2) is 47.3. The molecule has 1 saturated heterocycles. The molecule has 1 fully saturated rings. The number of hydrogen-bond acceptors (Lipinski definition) is 11. The van der Waals surface area contributed by atoms with E-state index in [1.165, 1.54) is 135 Å². The summed E-state index contributed by atoms with van der Waals surface area (Å²) in [7, 11) is -4.61. The summed E-state index contributed by atoms with van der Waals surface area (Å²) in [4.78, 5) is 25.6. The number of carbonyl (C=O) groups excluding carboxylic acids is 2. The Morgan fingerprint density at radius 3 is 1.32 bits per heavy atom. The van der Waals surface area contributed by atoms with Crippen molar-refractivity contribution in [3.63, 3.8) is 0 Å². The van der Waals surface area contributed by atoms with Gasteiger partial charge in [-0.25, -0.2) is 0 Å². The first-order chi connectivity index (χ1) is 34.5. The van der Waals surface area contributed by atoms with Crippen molar-refractivity contribution in [2.75, 3.05) is 19.0 Å². The summed E-state index contributed by atoms with van der Waals surface area (Å²) in [5, 5.41) is 31.1. The average molecular weight is 1030 g/mol. The molecule has 0 radical (unpaired) electrons. The number of aliphatic hydroxyl groups excluding tert-OH is 3. The molecule has 1 aliphatic rings. The second-order valence-electron chi connectivity index (χ2n) is 19.9. The zero-order valence-electron chi connectivity index (χ0n) is 44.8. The molecule has 0 aromatic carbocycles. The highest BCUT2D eigenvalue weighted by atomic mass is 32.2. The molecule has 414 valence electrons. The number of allylic oxidation sites excluding steroid dienone is 8. The molecule has 0 aromatic rings. The van der Waals surface area contributed by atoms with E-state index in [1.807, 2.05) is 0 Å². The molecular weight excluding hydrogens is 921 g/mol. The highest BCUT2D eigenvalue weighted by molar-refractivity contribution is 7.85. The van der Waals surface area contributed by atoms with Gasteiger partial charge in [-0.15, -0.1) is 0 Å². The third-order valence-electron chi connectivity index (χ3n) is 13.2. The molecular formula is C58H104O12S. The van der Waals surface area contributed by atoms with Crippen LogP contribution in [0.2, 0.25) is 0 Å². The molecule has 12 nitrogen and oxygen atoms in total. The van der Waals surface area contributed by atoms with Gasteiger partial charge in [0, 0.05) is 12.8 Å². The van der Waals surface area contributed by atoms with Crippen LogP contribution in [-0.4, -0.2) is 96.0 Å². The molecule has 1 heterocycles. The molecule has 6 unspecified atom stereocenters. The lowest BCUT2D eigenvalue weighted by Gasteiger charge is -2.40. The van der Waals surface area contributed by atoms with Crippen molar-refractivity contribution in [3.05, 3.63) is 48.6 Å². The Hall–Kier alpha value is -2.39. The highest BCUT2D eigenvalue weighted by Crippen LogP contribution is 2.24. The van der Waals surface area contributed by atoms with Crippen LogP contribution in [0.25, 0.3) is 0 Å². The Bertz CT molecular complexity index is 1480. The van der Waals surface area contributed by atoms with E-state index in [0.717, 1.165) is 77.0 Å². The van der Waals surface area contributed by atoms with Crippen molar-refractivity contribution in [2.24, 2.45) is 0 Å². The van der Waals surface area contributed by atoms with Crippen molar-refractivity contribution in [1.82, 2.24) is 0 Å². The Morgan fingerprint density at radius 1 is 0.493 bits per heavy atom. The van der Waals surface area contributed by atoms with E-state index in [4.69, 9.17) is 18.9 Å². The number of hydrogen-bond donors (Lipinski definition) is 4. The van der Waals surface area contributed by atoms with E-state index in [-0.39, 0.29) is 19.4 Å². The predicted octanol–water partition coefficient (Wildman–Crippen LogP) is 13.9. The van der Waals surface area contributed by atoms with E-state index in [1.54, 1.807) is 0 Å². The molecule has 0 bridgehead atoms. The first-order valence-corrected chi connectivity index (χ1v) is 30.3. The van der Waals surface area contributed by atoms with Gasteiger partial charge in [0.15, 0.2) is 12.4 Å². The maximum Gasteiger partial charge on any atom is 0.306 e. The maximum atomic E-state index is 12.9. The van der Waals surface area contributed by atoms with Gasteiger partial charge in [0.05, 0.1) is 6.61 Å². The van der Waals surface area contributed by atoms with Crippen LogP contribution in [0, 0.1) is 0 Å². The van der Waals surface area contributed by atoms with Crippen LogP contribution in [0.5, 0.6) is 0 Å². The quantitative estimate of drug-likeness (QED) is 0.0196. The smallest absolute Gasteiger partial charge is 0.306 e. The highest BCUT2D eigenvalue weighted by Gasteiger charge is 2.46. The van der Waals surface area contributed by atoms with Crippen LogP contribution in [-0.2, 0) is 38.7 Å². The number of aliphatic hydroxyl groups is 3. The Labute approximate surface area is 433 Å². The first-order valence-electron chi connectivity index (χ1n) is 28.7. The molecule has 0 spiro atoms.